The van der Waals surface area contributed by atoms with Crippen molar-refractivity contribution in [3.05, 3.63) is 65.9 Å². The molecule has 1 heterocycles. The van der Waals surface area contributed by atoms with E-state index in [1.165, 1.54) is 36.4 Å². The number of carbonyl (C=O) groups excluding carboxylic acids is 1. The Morgan fingerprint density at radius 2 is 1.85 bits per heavy atom. The van der Waals surface area contributed by atoms with Gasteiger partial charge in [-0.05, 0) is 60.4 Å². The lowest BCUT2D eigenvalue weighted by Crippen LogP contribution is -2.17. The van der Waals surface area contributed by atoms with Crippen molar-refractivity contribution in [1.82, 2.24) is 4.98 Å². The Morgan fingerprint density at radius 3 is 2.58 bits per heavy atom. The number of amides is 1. The fourth-order valence-corrected chi connectivity index (χ4v) is 3.01. The summed E-state index contributed by atoms with van der Waals surface area (Å²) in [7, 11) is 0. The van der Waals surface area contributed by atoms with Crippen LogP contribution < -0.4 is 5.32 Å². The first-order valence-corrected chi connectivity index (χ1v) is 8.30. The second-order valence-electron chi connectivity index (χ2n) is 6.37. The van der Waals surface area contributed by atoms with Crippen LogP contribution in [-0.4, -0.2) is 16.6 Å². The van der Waals surface area contributed by atoms with Gasteiger partial charge in [0.15, 0.2) is 0 Å². The summed E-state index contributed by atoms with van der Waals surface area (Å²) in [6.07, 6.45) is 2.21. The Kier molecular flexibility index (Phi) is 5.11. The first kappa shape index (κ1) is 17.8. The molecule has 0 radical (unpaired) electrons. The average Bonchev–Trinajstić information content (AvgIpc) is 2.99. The summed E-state index contributed by atoms with van der Waals surface area (Å²) in [4.78, 5) is 15.1. The van der Waals surface area contributed by atoms with E-state index in [0.29, 0.717) is 23.3 Å². The quantitative estimate of drug-likeness (QED) is 0.536. The molecule has 0 aliphatic carbocycles. The highest BCUT2D eigenvalue weighted by Gasteiger charge is 2.15. The van der Waals surface area contributed by atoms with Crippen molar-refractivity contribution in [3.8, 4) is 0 Å². The van der Waals surface area contributed by atoms with Crippen LogP contribution in [0.5, 0.6) is 0 Å². The number of aromatic amines is 1. The SMILES string of the molecule is CC(CC(=N)CC(=O)Nc1ccc(F)cc1)c1c[nH]c2cc(F)ccc12. The van der Waals surface area contributed by atoms with Crippen LogP contribution in [0.25, 0.3) is 10.9 Å². The lowest BCUT2D eigenvalue weighted by Gasteiger charge is -2.12. The van der Waals surface area contributed by atoms with Gasteiger partial charge in [-0.3, -0.25) is 4.79 Å². The van der Waals surface area contributed by atoms with Gasteiger partial charge in [-0.2, -0.15) is 0 Å². The van der Waals surface area contributed by atoms with E-state index < -0.39 is 0 Å². The van der Waals surface area contributed by atoms with Gasteiger partial charge in [-0.25, -0.2) is 8.78 Å². The Bertz CT molecular complexity index is 947. The molecule has 1 unspecified atom stereocenters. The molecule has 6 heteroatoms. The fraction of sp³-hybridized carbons (Fsp3) is 0.200. The number of rotatable bonds is 6. The molecule has 3 aromatic rings. The summed E-state index contributed by atoms with van der Waals surface area (Å²) >= 11 is 0. The Morgan fingerprint density at radius 1 is 1.15 bits per heavy atom. The van der Waals surface area contributed by atoms with Gasteiger partial charge in [0.1, 0.15) is 11.6 Å². The lowest BCUT2D eigenvalue weighted by molar-refractivity contribution is -0.115. The van der Waals surface area contributed by atoms with E-state index in [1.54, 1.807) is 6.07 Å². The van der Waals surface area contributed by atoms with Gasteiger partial charge in [0.05, 0.1) is 6.42 Å². The summed E-state index contributed by atoms with van der Waals surface area (Å²) in [6.45, 7) is 1.97. The molecule has 1 aromatic heterocycles. The predicted octanol–water partition coefficient (Wildman–Crippen LogP) is 4.99. The van der Waals surface area contributed by atoms with E-state index >= 15 is 0 Å². The maximum atomic E-state index is 13.3. The molecule has 4 nitrogen and oxygen atoms in total. The van der Waals surface area contributed by atoms with Gasteiger partial charge in [0, 0.05) is 28.5 Å². The molecule has 0 aliphatic rings. The van der Waals surface area contributed by atoms with E-state index in [-0.39, 0.29) is 29.9 Å². The van der Waals surface area contributed by atoms with Crippen molar-refractivity contribution in [2.24, 2.45) is 0 Å². The minimum atomic E-state index is -0.372. The van der Waals surface area contributed by atoms with Crippen LogP contribution in [0.3, 0.4) is 0 Å². The van der Waals surface area contributed by atoms with Gasteiger partial charge in [0.2, 0.25) is 5.91 Å². The van der Waals surface area contributed by atoms with Crippen LogP contribution in [-0.2, 0) is 4.79 Å². The topological polar surface area (TPSA) is 68.7 Å². The van der Waals surface area contributed by atoms with E-state index in [0.717, 1.165) is 10.9 Å². The molecule has 0 saturated heterocycles. The lowest BCUT2D eigenvalue weighted by atomic mass is 9.94. The molecule has 26 heavy (non-hydrogen) atoms. The second kappa shape index (κ2) is 7.47. The summed E-state index contributed by atoms with van der Waals surface area (Å²) in [5, 5.41) is 11.7. The van der Waals surface area contributed by atoms with Gasteiger partial charge in [-0.15, -0.1) is 0 Å². The van der Waals surface area contributed by atoms with Gasteiger partial charge in [0.25, 0.3) is 0 Å². The molecule has 0 fully saturated rings. The Balaban J connectivity index is 1.59. The van der Waals surface area contributed by atoms with Crippen LogP contribution in [0, 0.1) is 17.0 Å². The second-order valence-corrected chi connectivity index (χ2v) is 6.37. The van der Waals surface area contributed by atoms with Gasteiger partial charge in [-0.1, -0.05) is 6.92 Å². The summed E-state index contributed by atoms with van der Waals surface area (Å²) in [5.74, 6) is -0.970. The van der Waals surface area contributed by atoms with Crippen molar-refractivity contribution in [2.75, 3.05) is 5.32 Å². The third-order valence-electron chi connectivity index (χ3n) is 4.26. The number of aromatic nitrogens is 1. The van der Waals surface area contributed by atoms with E-state index in [9.17, 15) is 13.6 Å². The minimum absolute atomic E-state index is 0.0142. The zero-order valence-corrected chi connectivity index (χ0v) is 14.3. The maximum absolute atomic E-state index is 13.3. The molecule has 0 saturated carbocycles. The van der Waals surface area contributed by atoms with Crippen LogP contribution in [0.1, 0.15) is 31.2 Å². The van der Waals surface area contributed by atoms with Crippen molar-refractivity contribution >= 4 is 28.2 Å². The van der Waals surface area contributed by atoms with E-state index in [2.05, 4.69) is 10.3 Å². The molecule has 2 aromatic carbocycles. The predicted molar refractivity (Wildman–Crippen MR) is 98.7 cm³/mol. The summed E-state index contributed by atoms with van der Waals surface area (Å²) in [5.41, 5.74) is 2.50. The third-order valence-corrected chi connectivity index (χ3v) is 4.26. The molecule has 3 N–H and O–H groups in total. The number of anilines is 1. The number of benzene rings is 2. The molecular formula is C20H19F2N3O. The molecule has 3 rings (SSSR count). The largest absolute Gasteiger partial charge is 0.361 e. The van der Waals surface area contributed by atoms with Crippen molar-refractivity contribution in [2.45, 2.75) is 25.7 Å². The highest BCUT2D eigenvalue weighted by atomic mass is 19.1. The molecule has 0 spiro atoms. The van der Waals surface area contributed by atoms with Crippen LogP contribution in [0.2, 0.25) is 0 Å². The summed E-state index contributed by atoms with van der Waals surface area (Å²) in [6, 6.07) is 10.1. The molecule has 1 atom stereocenters. The first-order valence-electron chi connectivity index (χ1n) is 8.30. The maximum Gasteiger partial charge on any atom is 0.230 e. The third kappa shape index (κ3) is 4.14. The van der Waals surface area contributed by atoms with Crippen molar-refractivity contribution < 1.29 is 13.6 Å². The van der Waals surface area contributed by atoms with E-state index in [4.69, 9.17) is 5.41 Å². The Labute approximate surface area is 149 Å². The van der Waals surface area contributed by atoms with Crippen molar-refractivity contribution in [3.63, 3.8) is 0 Å². The number of hydrogen-bond acceptors (Lipinski definition) is 2. The Hall–Kier alpha value is -3.02. The zero-order chi connectivity index (χ0) is 18.7. The van der Waals surface area contributed by atoms with Crippen LogP contribution in [0.15, 0.2) is 48.7 Å². The van der Waals surface area contributed by atoms with Crippen LogP contribution >= 0.6 is 0 Å². The normalized spacial score (nSPS) is 12.1. The van der Waals surface area contributed by atoms with Crippen molar-refractivity contribution in [1.29, 1.82) is 5.41 Å². The van der Waals surface area contributed by atoms with E-state index in [1.807, 2.05) is 13.1 Å². The van der Waals surface area contributed by atoms with Gasteiger partial charge < -0.3 is 15.7 Å². The number of halogens is 2. The minimum Gasteiger partial charge on any atom is -0.361 e. The average molecular weight is 355 g/mol. The number of hydrogen-bond donors (Lipinski definition) is 3. The zero-order valence-electron chi connectivity index (χ0n) is 14.3. The smallest absolute Gasteiger partial charge is 0.230 e. The molecule has 0 bridgehead atoms. The highest BCUT2D eigenvalue weighted by molar-refractivity contribution is 6.05. The first-order chi connectivity index (χ1) is 12.4. The highest BCUT2D eigenvalue weighted by Crippen LogP contribution is 2.28. The van der Waals surface area contributed by atoms with Gasteiger partial charge >= 0.3 is 0 Å². The standard InChI is InChI=1S/C20H19F2N3O/c1-12(18-11-24-19-9-14(22)4-7-17(18)19)8-15(23)10-20(26)25-16-5-2-13(21)3-6-16/h2-7,9,11-12,23-24H,8,10H2,1H3,(H,25,26). The summed E-state index contributed by atoms with van der Waals surface area (Å²) < 4.78 is 26.2. The molecule has 0 aliphatic heterocycles. The number of H-pyrrole nitrogens is 1. The number of fused-ring (bicyclic) bond motifs is 1. The monoisotopic (exact) mass is 355 g/mol. The number of carbonyl (C=O) groups is 1. The molecule has 134 valence electrons. The molecule has 1 amide bonds. The van der Waals surface area contributed by atoms with Crippen LogP contribution in [0.4, 0.5) is 14.5 Å². The number of nitrogens with one attached hydrogen (secondary N) is 3. The fourth-order valence-electron chi connectivity index (χ4n) is 3.01. The molecular weight excluding hydrogens is 336 g/mol.